The van der Waals surface area contributed by atoms with Crippen LogP contribution in [0.4, 0.5) is 0 Å². The third kappa shape index (κ3) is 5.33. The van der Waals surface area contributed by atoms with E-state index in [1.807, 2.05) is 35.7 Å². The molecule has 1 fully saturated rings. The number of hydrogen-bond acceptors (Lipinski definition) is 8. The van der Waals surface area contributed by atoms with Gasteiger partial charge in [-0.2, -0.15) is 0 Å². The van der Waals surface area contributed by atoms with Crippen molar-refractivity contribution in [2.24, 2.45) is 0 Å². The summed E-state index contributed by atoms with van der Waals surface area (Å²) >= 11 is 6.58. The molecule has 0 radical (unpaired) electrons. The topological polar surface area (TPSA) is 80.3 Å². The number of nitrogens with one attached hydrogen (secondary N) is 2. The molecule has 2 aromatic heterocycles. The number of hydrazine groups is 1. The normalized spacial score (nSPS) is 13.9. The van der Waals surface area contributed by atoms with Gasteiger partial charge in [0.25, 0.3) is 11.8 Å². The van der Waals surface area contributed by atoms with Crippen molar-refractivity contribution >= 4 is 58.0 Å². The zero-order valence-corrected chi connectivity index (χ0v) is 18.4. The van der Waals surface area contributed by atoms with Gasteiger partial charge < -0.3 is 4.74 Å². The molecule has 2 amide bonds. The van der Waals surface area contributed by atoms with Crippen LogP contribution in [0.15, 0.2) is 47.2 Å². The molecular formula is C19H17N3O3S4. The maximum atomic E-state index is 12.1. The summed E-state index contributed by atoms with van der Waals surface area (Å²) in [5.74, 6) is 2.35. The zero-order chi connectivity index (χ0) is 20.1. The number of nitrogens with zero attached hydrogens (tertiary/aromatic N) is 1. The minimum Gasteiger partial charge on any atom is -0.486 e. The number of amides is 2. The van der Waals surface area contributed by atoms with Gasteiger partial charge >= 0.3 is 0 Å². The largest absolute Gasteiger partial charge is 0.486 e. The lowest BCUT2D eigenvalue weighted by Crippen LogP contribution is -2.41. The van der Waals surface area contributed by atoms with Crippen molar-refractivity contribution in [3.63, 3.8) is 0 Å². The Morgan fingerprint density at radius 3 is 2.52 bits per heavy atom. The third-order valence-electron chi connectivity index (χ3n) is 3.96. The Morgan fingerprint density at radius 2 is 1.79 bits per heavy atom. The lowest BCUT2D eigenvalue weighted by Gasteiger charge is -2.09. The maximum absolute atomic E-state index is 12.1. The van der Waals surface area contributed by atoms with E-state index in [4.69, 9.17) is 4.74 Å². The molecule has 0 unspecified atom stereocenters. The number of thiazole rings is 1. The molecular weight excluding hydrogens is 446 g/mol. The molecule has 10 heteroatoms. The number of carbonyl (C=O) groups excluding carboxylic acids is 2. The molecule has 1 aliphatic heterocycles. The highest BCUT2D eigenvalue weighted by Gasteiger charge is 2.18. The van der Waals surface area contributed by atoms with E-state index < -0.39 is 5.91 Å². The number of ether oxygens (including phenoxy) is 1. The van der Waals surface area contributed by atoms with Crippen LogP contribution in [-0.2, 0) is 6.61 Å². The van der Waals surface area contributed by atoms with Gasteiger partial charge in [-0.05, 0) is 29.1 Å². The van der Waals surface area contributed by atoms with Crippen LogP contribution in [0.3, 0.4) is 0 Å². The summed E-state index contributed by atoms with van der Waals surface area (Å²) in [5.41, 5.74) is 6.30. The van der Waals surface area contributed by atoms with E-state index in [1.165, 1.54) is 39.7 Å². The number of aromatic nitrogens is 1. The number of rotatable bonds is 6. The van der Waals surface area contributed by atoms with Crippen molar-refractivity contribution in [2.45, 2.75) is 11.2 Å². The summed E-state index contributed by atoms with van der Waals surface area (Å²) in [6, 6.07) is 11.6. The van der Waals surface area contributed by atoms with E-state index in [0.29, 0.717) is 14.5 Å². The van der Waals surface area contributed by atoms with Crippen LogP contribution in [0.25, 0.3) is 0 Å². The van der Waals surface area contributed by atoms with Gasteiger partial charge in [0.05, 0.1) is 9.46 Å². The fourth-order valence-corrected chi connectivity index (χ4v) is 6.71. The molecule has 0 bridgehead atoms. The van der Waals surface area contributed by atoms with Crippen molar-refractivity contribution in [2.75, 3.05) is 11.5 Å². The molecule has 3 aromatic rings. The number of thioether (sulfide) groups is 2. The molecule has 3 heterocycles. The first kappa shape index (κ1) is 20.3. The van der Waals surface area contributed by atoms with Crippen LogP contribution >= 0.6 is 46.2 Å². The molecule has 4 rings (SSSR count). The van der Waals surface area contributed by atoms with Crippen LogP contribution < -0.4 is 15.6 Å². The van der Waals surface area contributed by atoms with E-state index >= 15 is 0 Å². The summed E-state index contributed by atoms with van der Waals surface area (Å²) < 4.78 is 6.30. The van der Waals surface area contributed by atoms with E-state index in [2.05, 4.69) is 28.0 Å². The maximum Gasteiger partial charge on any atom is 0.289 e. The van der Waals surface area contributed by atoms with Crippen molar-refractivity contribution in [1.82, 2.24) is 15.8 Å². The van der Waals surface area contributed by atoms with Gasteiger partial charge in [0.1, 0.15) is 23.1 Å². The van der Waals surface area contributed by atoms with Gasteiger partial charge in [0.2, 0.25) is 0 Å². The molecule has 0 spiro atoms. The van der Waals surface area contributed by atoms with Crippen molar-refractivity contribution < 1.29 is 14.3 Å². The first-order valence-electron chi connectivity index (χ1n) is 8.73. The van der Waals surface area contributed by atoms with Crippen LogP contribution in [0.1, 0.15) is 35.3 Å². The molecule has 2 N–H and O–H groups in total. The first-order chi connectivity index (χ1) is 14.2. The number of hydrogen-bond donors (Lipinski definition) is 2. The number of thiophene rings is 1. The van der Waals surface area contributed by atoms with E-state index in [-0.39, 0.29) is 18.2 Å². The predicted molar refractivity (Wildman–Crippen MR) is 120 cm³/mol. The SMILES string of the molecule is O=C(NNC(=O)c1cccs1)c1csc(COc2ccc(C3SCCS3)cc2)n1. The Hall–Kier alpha value is -2.01. The fourth-order valence-electron chi connectivity index (χ4n) is 2.55. The average molecular weight is 464 g/mol. The minimum atomic E-state index is -0.465. The molecule has 150 valence electrons. The van der Waals surface area contributed by atoms with Crippen molar-refractivity contribution in [1.29, 1.82) is 0 Å². The van der Waals surface area contributed by atoms with Gasteiger partial charge in [-0.1, -0.05) is 18.2 Å². The van der Waals surface area contributed by atoms with Crippen molar-refractivity contribution in [3.8, 4) is 5.75 Å². The van der Waals surface area contributed by atoms with Gasteiger partial charge in [-0.25, -0.2) is 4.98 Å². The Bertz CT molecular complexity index is 967. The number of carbonyl (C=O) groups is 2. The van der Waals surface area contributed by atoms with Gasteiger partial charge in [-0.15, -0.1) is 46.2 Å². The van der Waals surface area contributed by atoms with E-state index in [9.17, 15) is 9.59 Å². The Kier molecular flexibility index (Phi) is 6.75. The summed E-state index contributed by atoms with van der Waals surface area (Å²) in [6.45, 7) is 0.284. The van der Waals surface area contributed by atoms with E-state index in [1.54, 1.807) is 22.9 Å². The molecule has 1 aliphatic rings. The highest BCUT2D eigenvalue weighted by Crippen LogP contribution is 2.45. The second-order valence-electron chi connectivity index (χ2n) is 5.94. The molecule has 0 atom stereocenters. The quantitative estimate of drug-likeness (QED) is 0.530. The summed E-state index contributed by atoms with van der Waals surface area (Å²) in [6.07, 6.45) is 0. The molecule has 1 saturated heterocycles. The fraction of sp³-hybridized carbons (Fsp3) is 0.211. The minimum absolute atomic E-state index is 0.241. The molecule has 6 nitrogen and oxygen atoms in total. The van der Waals surface area contributed by atoms with Crippen LogP contribution in [0.2, 0.25) is 0 Å². The molecule has 0 aliphatic carbocycles. The van der Waals surface area contributed by atoms with E-state index in [0.717, 1.165) is 5.75 Å². The second-order valence-corrected chi connectivity index (χ2v) is 10.6. The smallest absolute Gasteiger partial charge is 0.289 e. The third-order valence-corrected chi connectivity index (χ3v) is 8.75. The number of benzene rings is 1. The molecule has 29 heavy (non-hydrogen) atoms. The summed E-state index contributed by atoms with van der Waals surface area (Å²) in [4.78, 5) is 28.8. The summed E-state index contributed by atoms with van der Waals surface area (Å²) in [7, 11) is 0. The van der Waals surface area contributed by atoms with Crippen LogP contribution in [0.5, 0.6) is 5.75 Å². The summed E-state index contributed by atoms with van der Waals surface area (Å²) in [5, 5.41) is 4.12. The average Bonchev–Trinajstić information content (AvgIpc) is 3.52. The lowest BCUT2D eigenvalue weighted by molar-refractivity contribution is 0.0846. The molecule has 0 saturated carbocycles. The highest BCUT2D eigenvalue weighted by molar-refractivity contribution is 8.19. The van der Waals surface area contributed by atoms with Gasteiger partial charge in [0.15, 0.2) is 0 Å². The molecule has 1 aromatic carbocycles. The highest BCUT2D eigenvalue weighted by atomic mass is 32.2. The van der Waals surface area contributed by atoms with Gasteiger partial charge in [-0.3, -0.25) is 20.4 Å². The first-order valence-corrected chi connectivity index (χ1v) is 12.6. The lowest BCUT2D eigenvalue weighted by atomic mass is 10.2. The van der Waals surface area contributed by atoms with Crippen LogP contribution in [0, 0.1) is 0 Å². The predicted octanol–water partition coefficient (Wildman–Crippen LogP) is 4.34. The Morgan fingerprint density at radius 1 is 1.03 bits per heavy atom. The second kappa shape index (κ2) is 9.66. The van der Waals surface area contributed by atoms with Gasteiger partial charge in [0, 0.05) is 16.9 Å². The monoisotopic (exact) mass is 463 g/mol. The van der Waals surface area contributed by atoms with Crippen LogP contribution in [-0.4, -0.2) is 28.3 Å². The Labute approximate surface area is 184 Å². The standard InChI is InChI=1S/C19H17N3O3S4/c23-17(21-22-18(24)15-2-1-7-26-15)14-11-29-16(20-14)10-25-13-5-3-12(4-6-13)19-27-8-9-28-19/h1-7,11,19H,8-10H2,(H,21,23)(H,22,24). The zero-order valence-electron chi connectivity index (χ0n) is 15.1. The Balaban J connectivity index is 1.26. The van der Waals surface area contributed by atoms with Crippen molar-refractivity contribution in [3.05, 3.63) is 68.3 Å².